The van der Waals surface area contributed by atoms with Gasteiger partial charge in [-0.1, -0.05) is 37.0 Å². The summed E-state index contributed by atoms with van der Waals surface area (Å²) in [5.41, 5.74) is 5.77. The number of nitrogens with one attached hydrogen (secondary N) is 2. The summed E-state index contributed by atoms with van der Waals surface area (Å²) in [5, 5.41) is 6.73. The fourth-order valence-corrected chi connectivity index (χ4v) is 3.56. The molecule has 1 aliphatic carbocycles. The summed E-state index contributed by atoms with van der Waals surface area (Å²) in [6, 6.07) is 0. The van der Waals surface area contributed by atoms with E-state index in [9.17, 15) is 4.79 Å². The zero-order valence-corrected chi connectivity index (χ0v) is 12.9. The van der Waals surface area contributed by atoms with Crippen LogP contribution in [0.1, 0.15) is 55.1 Å². The molecule has 0 unspecified atom stereocenters. The van der Waals surface area contributed by atoms with Crippen LogP contribution in [0.2, 0.25) is 0 Å². The average Bonchev–Trinajstić information content (AvgIpc) is 3.05. The Labute approximate surface area is 124 Å². The minimum atomic E-state index is -0.101. The van der Waals surface area contributed by atoms with Crippen LogP contribution < -0.4 is 16.4 Å². The van der Waals surface area contributed by atoms with Crippen LogP contribution in [0, 0.1) is 5.92 Å². The number of hydrogen-bond acceptors (Lipinski definition) is 5. The fraction of sp³-hybridized carbons (Fsp3) is 0.714. The first-order valence-electron chi connectivity index (χ1n) is 7.49. The van der Waals surface area contributed by atoms with E-state index in [1.807, 2.05) is 6.92 Å². The molecule has 1 aromatic rings. The third-order valence-corrected chi connectivity index (χ3v) is 4.76. The largest absolute Gasteiger partial charge is 0.382 e. The fourth-order valence-electron chi connectivity index (χ4n) is 2.69. The first kappa shape index (κ1) is 15.1. The van der Waals surface area contributed by atoms with E-state index in [1.54, 1.807) is 0 Å². The van der Waals surface area contributed by atoms with Crippen LogP contribution in [-0.2, 0) is 0 Å². The highest BCUT2D eigenvalue weighted by atomic mass is 32.1. The van der Waals surface area contributed by atoms with Crippen molar-refractivity contribution >= 4 is 28.2 Å². The van der Waals surface area contributed by atoms with Crippen molar-refractivity contribution in [2.75, 3.05) is 24.1 Å². The summed E-state index contributed by atoms with van der Waals surface area (Å²) in [5.74, 6) is 1.09. The molecule has 0 radical (unpaired) electrons. The van der Waals surface area contributed by atoms with Crippen molar-refractivity contribution in [3.63, 3.8) is 0 Å². The summed E-state index contributed by atoms with van der Waals surface area (Å²) < 4.78 is 0. The third-order valence-electron chi connectivity index (χ3n) is 3.74. The van der Waals surface area contributed by atoms with Gasteiger partial charge in [-0.15, -0.1) is 0 Å². The van der Waals surface area contributed by atoms with Gasteiger partial charge >= 0.3 is 0 Å². The Morgan fingerprint density at radius 1 is 1.45 bits per heavy atom. The topological polar surface area (TPSA) is 80.0 Å². The second kappa shape index (κ2) is 7.47. The van der Waals surface area contributed by atoms with Gasteiger partial charge in [0.05, 0.1) is 0 Å². The molecule has 1 aliphatic rings. The molecule has 5 nitrogen and oxygen atoms in total. The molecule has 1 saturated carbocycles. The summed E-state index contributed by atoms with van der Waals surface area (Å²) >= 11 is 1.32. The maximum Gasteiger partial charge on any atom is 0.265 e. The van der Waals surface area contributed by atoms with Crippen LogP contribution in [0.15, 0.2) is 0 Å². The Hall–Kier alpha value is -1.30. The number of carbonyl (C=O) groups is 1. The zero-order valence-electron chi connectivity index (χ0n) is 12.1. The van der Waals surface area contributed by atoms with Crippen molar-refractivity contribution in [2.45, 2.75) is 45.4 Å². The number of carbonyl (C=O) groups excluding carboxylic acids is 1. The standard InChI is InChI=1S/C14H24N4OS/c1-2-16-14-18-12(15)11(20-14)13(19)17-9-5-8-10-6-3-4-7-10/h10H,2-9,15H2,1H3,(H,16,18)(H,17,19). The van der Waals surface area contributed by atoms with Gasteiger partial charge in [0, 0.05) is 13.1 Å². The van der Waals surface area contributed by atoms with E-state index >= 15 is 0 Å². The van der Waals surface area contributed by atoms with Gasteiger partial charge in [-0.25, -0.2) is 4.98 Å². The van der Waals surface area contributed by atoms with Crippen LogP contribution in [-0.4, -0.2) is 24.0 Å². The smallest absolute Gasteiger partial charge is 0.265 e. The van der Waals surface area contributed by atoms with Gasteiger partial charge in [-0.2, -0.15) is 0 Å². The van der Waals surface area contributed by atoms with Gasteiger partial charge in [0.1, 0.15) is 10.7 Å². The second-order valence-electron chi connectivity index (χ2n) is 5.31. The number of nitrogens with zero attached hydrogens (tertiary/aromatic N) is 1. The Balaban J connectivity index is 1.73. The van der Waals surface area contributed by atoms with E-state index in [1.165, 1.54) is 43.4 Å². The van der Waals surface area contributed by atoms with Gasteiger partial charge in [0.2, 0.25) is 0 Å². The van der Waals surface area contributed by atoms with Crippen molar-refractivity contribution in [2.24, 2.45) is 5.92 Å². The molecule has 20 heavy (non-hydrogen) atoms. The first-order chi connectivity index (χ1) is 9.70. The molecule has 2 rings (SSSR count). The SMILES string of the molecule is CCNc1nc(N)c(C(=O)NCCCC2CCCC2)s1. The molecule has 1 fully saturated rings. The van der Waals surface area contributed by atoms with E-state index in [2.05, 4.69) is 15.6 Å². The van der Waals surface area contributed by atoms with Crippen LogP contribution in [0.3, 0.4) is 0 Å². The molecule has 112 valence electrons. The molecular formula is C14H24N4OS. The predicted octanol–water partition coefficient (Wildman–Crippen LogP) is 2.86. The average molecular weight is 296 g/mol. The van der Waals surface area contributed by atoms with E-state index < -0.39 is 0 Å². The lowest BCUT2D eigenvalue weighted by Crippen LogP contribution is -2.24. The summed E-state index contributed by atoms with van der Waals surface area (Å²) in [6.07, 6.45) is 7.75. The van der Waals surface area contributed by atoms with E-state index in [0.717, 1.165) is 25.4 Å². The van der Waals surface area contributed by atoms with Crippen molar-refractivity contribution in [3.8, 4) is 0 Å². The number of aromatic nitrogens is 1. The van der Waals surface area contributed by atoms with E-state index in [-0.39, 0.29) is 5.91 Å². The highest BCUT2D eigenvalue weighted by Gasteiger charge is 2.17. The van der Waals surface area contributed by atoms with Crippen molar-refractivity contribution in [1.29, 1.82) is 0 Å². The zero-order chi connectivity index (χ0) is 14.4. The molecule has 4 N–H and O–H groups in total. The van der Waals surface area contributed by atoms with Crippen molar-refractivity contribution in [1.82, 2.24) is 10.3 Å². The minimum absolute atomic E-state index is 0.101. The van der Waals surface area contributed by atoms with Crippen molar-refractivity contribution < 1.29 is 4.79 Å². The highest BCUT2D eigenvalue weighted by molar-refractivity contribution is 7.18. The van der Waals surface area contributed by atoms with Crippen LogP contribution >= 0.6 is 11.3 Å². The molecule has 1 heterocycles. The number of anilines is 2. The number of rotatable bonds is 7. The van der Waals surface area contributed by atoms with Crippen LogP contribution in [0.25, 0.3) is 0 Å². The van der Waals surface area contributed by atoms with Crippen LogP contribution in [0.5, 0.6) is 0 Å². The molecule has 1 amide bonds. The normalized spacial score (nSPS) is 15.4. The molecule has 0 bridgehead atoms. The lowest BCUT2D eigenvalue weighted by Gasteiger charge is -2.08. The minimum Gasteiger partial charge on any atom is -0.382 e. The predicted molar refractivity (Wildman–Crippen MR) is 84.2 cm³/mol. The van der Waals surface area contributed by atoms with Crippen LogP contribution in [0.4, 0.5) is 10.9 Å². The quantitative estimate of drug-likeness (QED) is 0.676. The first-order valence-corrected chi connectivity index (χ1v) is 8.30. The number of nitrogen functional groups attached to an aromatic ring is 1. The third kappa shape index (κ3) is 4.10. The molecular weight excluding hydrogens is 272 g/mol. The molecule has 0 aliphatic heterocycles. The Kier molecular flexibility index (Phi) is 5.64. The van der Waals surface area contributed by atoms with E-state index in [0.29, 0.717) is 15.8 Å². The Morgan fingerprint density at radius 2 is 2.20 bits per heavy atom. The summed E-state index contributed by atoms with van der Waals surface area (Å²) in [4.78, 5) is 16.7. The van der Waals surface area contributed by atoms with Gasteiger partial charge in [0.15, 0.2) is 5.13 Å². The second-order valence-corrected chi connectivity index (χ2v) is 6.31. The van der Waals surface area contributed by atoms with Gasteiger partial charge in [-0.05, 0) is 25.7 Å². The molecule has 1 aromatic heterocycles. The molecule has 0 saturated heterocycles. The molecule has 0 spiro atoms. The Bertz CT molecular complexity index is 440. The molecule has 0 aromatic carbocycles. The lowest BCUT2D eigenvalue weighted by atomic mass is 10.0. The number of thiazole rings is 1. The Morgan fingerprint density at radius 3 is 2.90 bits per heavy atom. The molecule has 6 heteroatoms. The monoisotopic (exact) mass is 296 g/mol. The maximum absolute atomic E-state index is 12.0. The number of hydrogen-bond donors (Lipinski definition) is 3. The number of nitrogens with two attached hydrogens (primary N) is 1. The van der Waals surface area contributed by atoms with Gasteiger partial charge in [-0.3, -0.25) is 4.79 Å². The van der Waals surface area contributed by atoms with E-state index in [4.69, 9.17) is 5.73 Å². The summed E-state index contributed by atoms with van der Waals surface area (Å²) in [6.45, 7) is 3.49. The number of amides is 1. The summed E-state index contributed by atoms with van der Waals surface area (Å²) in [7, 11) is 0. The molecule has 0 atom stereocenters. The van der Waals surface area contributed by atoms with Gasteiger partial charge in [0.25, 0.3) is 5.91 Å². The maximum atomic E-state index is 12.0. The lowest BCUT2D eigenvalue weighted by molar-refractivity contribution is 0.0957. The highest BCUT2D eigenvalue weighted by Crippen LogP contribution is 2.28. The van der Waals surface area contributed by atoms with Gasteiger partial charge < -0.3 is 16.4 Å². The van der Waals surface area contributed by atoms with Crippen molar-refractivity contribution in [3.05, 3.63) is 4.88 Å².